The van der Waals surface area contributed by atoms with Crippen LogP contribution in [0.15, 0.2) is 17.8 Å². The third-order valence-electron chi connectivity index (χ3n) is 3.87. The summed E-state index contributed by atoms with van der Waals surface area (Å²) in [4.78, 5) is 19.3. The molecule has 0 radical (unpaired) electrons. The number of rotatable bonds is 3. The minimum Gasteiger partial charge on any atom is -0.394 e. The topological polar surface area (TPSA) is 78.1 Å². The molecule has 2 aromatic heterocycles. The molecule has 1 fully saturated rings. The van der Waals surface area contributed by atoms with Gasteiger partial charge in [-0.05, 0) is 18.8 Å². The predicted molar refractivity (Wildman–Crippen MR) is 74.8 cm³/mol. The van der Waals surface area contributed by atoms with Crippen LogP contribution in [0.4, 0.5) is 0 Å². The van der Waals surface area contributed by atoms with Crippen molar-refractivity contribution in [3.05, 3.63) is 23.5 Å². The third kappa shape index (κ3) is 2.44. The van der Waals surface area contributed by atoms with Crippen molar-refractivity contribution >= 4 is 22.2 Å². The SMILES string of the molecule is O=C(c1cn2ccsc2n1)N1CCC(C(O)CO)CC1. The van der Waals surface area contributed by atoms with Gasteiger partial charge in [0.2, 0.25) is 0 Å². The zero-order valence-electron chi connectivity index (χ0n) is 11.0. The van der Waals surface area contributed by atoms with Gasteiger partial charge in [0.25, 0.3) is 5.91 Å². The molecular weight excluding hydrogens is 278 g/mol. The second-order valence-corrected chi connectivity index (χ2v) is 5.97. The van der Waals surface area contributed by atoms with E-state index < -0.39 is 6.10 Å². The zero-order valence-corrected chi connectivity index (χ0v) is 11.8. The molecule has 7 heteroatoms. The first-order chi connectivity index (χ1) is 9.69. The average molecular weight is 295 g/mol. The summed E-state index contributed by atoms with van der Waals surface area (Å²) in [6, 6.07) is 0. The number of hydrogen-bond acceptors (Lipinski definition) is 5. The molecule has 0 bridgehead atoms. The number of carbonyl (C=O) groups is 1. The Labute approximate surface area is 120 Å². The molecule has 1 aliphatic heterocycles. The number of fused-ring (bicyclic) bond motifs is 1. The smallest absolute Gasteiger partial charge is 0.274 e. The molecule has 0 spiro atoms. The number of likely N-dealkylation sites (tertiary alicyclic amines) is 1. The first kappa shape index (κ1) is 13.5. The minimum absolute atomic E-state index is 0.0576. The minimum atomic E-state index is -0.676. The summed E-state index contributed by atoms with van der Waals surface area (Å²) in [5.41, 5.74) is 0.470. The van der Waals surface area contributed by atoms with Crippen LogP contribution in [0.1, 0.15) is 23.3 Å². The molecule has 1 unspecified atom stereocenters. The molecule has 1 amide bonds. The highest BCUT2D eigenvalue weighted by Gasteiger charge is 2.28. The number of thiazole rings is 1. The van der Waals surface area contributed by atoms with Crippen LogP contribution in [0, 0.1) is 5.92 Å². The van der Waals surface area contributed by atoms with Gasteiger partial charge in [0.1, 0.15) is 5.69 Å². The number of nitrogens with zero attached hydrogens (tertiary/aromatic N) is 3. The van der Waals surface area contributed by atoms with Gasteiger partial charge in [-0.3, -0.25) is 9.20 Å². The van der Waals surface area contributed by atoms with E-state index in [9.17, 15) is 9.90 Å². The van der Waals surface area contributed by atoms with Crippen molar-refractivity contribution in [3.63, 3.8) is 0 Å². The van der Waals surface area contributed by atoms with Gasteiger partial charge in [-0.15, -0.1) is 11.3 Å². The molecule has 3 heterocycles. The van der Waals surface area contributed by atoms with E-state index in [1.54, 1.807) is 11.1 Å². The predicted octanol–water partition coefficient (Wildman–Crippen LogP) is 0.601. The Bertz CT molecular complexity index is 572. The second-order valence-electron chi connectivity index (χ2n) is 5.10. The van der Waals surface area contributed by atoms with Crippen LogP contribution in [0.2, 0.25) is 0 Å². The van der Waals surface area contributed by atoms with Crippen LogP contribution in [0.5, 0.6) is 0 Å². The summed E-state index contributed by atoms with van der Waals surface area (Å²) in [5, 5.41) is 20.5. The zero-order chi connectivity index (χ0) is 14.1. The molecule has 1 aliphatic rings. The van der Waals surface area contributed by atoms with Gasteiger partial charge in [0, 0.05) is 30.9 Å². The molecule has 1 saturated heterocycles. The van der Waals surface area contributed by atoms with Crippen LogP contribution < -0.4 is 0 Å². The molecule has 0 aliphatic carbocycles. The second kappa shape index (κ2) is 5.51. The van der Waals surface area contributed by atoms with Crippen molar-refractivity contribution in [2.75, 3.05) is 19.7 Å². The maximum atomic E-state index is 12.4. The summed E-state index contributed by atoms with van der Waals surface area (Å²) >= 11 is 1.50. The fourth-order valence-electron chi connectivity index (χ4n) is 2.63. The lowest BCUT2D eigenvalue weighted by atomic mass is 9.91. The lowest BCUT2D eigenvalue weighted by Crippen LogP contribution is -2.42. The van der Waals surface area contributed by atoms with Crippen molar-refractivity contribution in [2.24, 2.45) is 5.92 Å². The van der Waals surface area contributed by atoms with E-state index in [0.29, 0.717) is 18.8 Å². The molecular formula is C13H17N3O3S. The van der Waals surface area contributed by atoms with Crippen molar-refractivity contribution in [1.82, 2.24) is 14.3 Å². The normalized spacial score (nSPS) is 18.6. The van der Waals surface area contributed by atoms with Gasteiger partial charge < -0.3 is 15.1 Å². The number of aromatic nitrogens is 2. The molecule has 1 atom stereocenters. The molecule has 108 valence electrons. The number of carbonyl (C=O) groups excluding carboxylic acids is 1. The molecule has 2 aromatic rings. The summed E-state index contributed by atoms with van der Waals surface area (Å²) in [7, 11) is 0. The Hall–Kier alpha value is -1.44. The van der Waals surface area contributed by atoms with E-state index in [1.165, 1.54) is 11.3 Å². The van der Waals surface area contributed by atoms with E-state index in [2.05, 4.69) is 4.98 Å². The Morgan fingerprint density at radius 3 is 2.90 bits per heavy atom. The summed E-state index contributed by atoms with van der Waals surface area (Å²) in [6.45, 7) is 0.993. The number of piperidine rings is 1. The van der Waals surface area contributed by atoms with E-state index >= 15 is 0 Å². The lowest BCUT2D eigenvalue weighted by molar-refractivity contribution is 0.0178. The van der Waals surface area contributed by atoms with Crippen LogP contribution in [-0.2, 0) is 0 Å². The number of aliphatic hydroxyl groups excluding tert-OH is 2. The largest absolute Gasteiger partial charge is 0.394 e. The standard InChI is InChI=1S/C13H17N3O3S/c17-8-11(18)9-1-3-15(4-2-9)12(19)10-7-16-5-6-20-13(16)14-10/h5-7,9,11,17-18H,1-4,8H2. The van der Waals surface area contributed by atoms with Crippen molar-refractivity contribution in [2.45, 2.75) is 18.9 Å². The summed E-state index contributed by atoms with van der Waals surface area (Å²) < 4.78 is 1.85. The highest BCUT2D eigenvalue weighted by Crippen LogP contribution is 2.22. The van der Waals surface area contributed by atoms with Gasteiger partial charge in [-0.2, -0.15) is 0 Å². The first-order valence-corrected chi connectivity index (χ1v) is 7.57. The number of imidazole rings is 1. The molecule has 2 N–H and O–H groups in total. The first-order valence-electron chi connectivity index (χ1n) is 6.69. The van der Waals surface area contributed by atoms with Gasteiger partial charge in [-0.1, -0.05) is 0 Å². The highest BCUT2D eigenvalue weighted by molar-refractivity contribution is 7.15. The lowest BCUT2D eigenvalue weighted by Gasteiger charge is -2.33. The van der Waals surface area contributed by atoms with Gasteiger partial charge in [0.15, 0.2) is 4.96 Å². The number of amides is 1. The fourth-order valence-corrected chi connectivity index (χ4v) is 3.33. The van der Waals surface area contributed by atoms with E-state index in [1.807, 2.05) is 16.0 Å². The van der Waals surface area contributed by atoms with Crippen molar-refractivity contribution in [1.29, 1.82) is 0 Å². The fraction of sp³-hybridized carbons (Fsp3) is 0.538. The van der Waals surface area contributed by atoms with Crippen LogP contribution in [0.25, 0.3) is 4.96 Å². The van der Waals surface area contributed by atoms with Gasteiger partial charge >= 0.3 is 0 Å². The number of aliphatic hydroxyl groups is 2. The maximum absolute atomic E-state index is 12.4. The Balaban J connectivity index is 1.65. The molecule has 3 rings (SSSR count). The van der Waals surface area contributed by atoms with Crippen LogP contribution in [0.3, 0.4) is 0 Å². The molecule has 0 aromatic carbocycles. The van der Waals surface area contributed by atoms with Gasteiger partial charge in [-0.25, -0.2) is 4.98 Å². The van der Waals surface area contributed by atoms with E-state index in [0.717, 1.165) is 17.8 Å². The monoisotopic (exact) mass is 295 g/mol. The number of hydrogen-bond donors (Lipinski definition) is 2. The van der Waals surface area contributed by atoms with Crippen molar-refractivity contribution < 1.29 is 15.0 Å². The third-order valence-corrected chi connectivity index (χ3v) is 4.64. The quantitative estimate of drug-likeness (QED) is 0.869. The Kier molecular flexibility index (Phi) is 3.73. The van der Waals surface area contributed by atoms with Gasteiger partial charge in [0.05, 0.1) is 12.7 Å². The Morgan fingerprint density at radius 2 is 2.25 bits per heavy atom. The summed E-state index contributed by atoms with van der Waals surface area (Å²) in [6.07, 6.45) is 4.40. The van der Waals surface area contributed by atoms with Crippen molar-refractivity contribution in [3.8, 4) is 0 Å². The Morgan fingerprint density at radius 1 is 1.50 bits per heavy atom. The highest BCUT2D eigenvalue weighted by atomic mass is 32.1. The molecule has 6 nitrogen and oxygen atoms in total. The van der Waals surface area contributed by atoms with E-state index in [4.69, 9.17) is 5.11 Å². The van der Waals surface area contributed by atoms with E-state index in [-0.39, 0.29) is 18.4 Å². The summed E-state index contributed by atoms with van der Waals surface area (Å²) in [5.74, 6) is 0.0207. The average Bonchev–Trinajstić information content (AvgIpc) is 3.07. The maximum Gasteiger partial charge on any atom is 0.274 e. The van der Waals surface area contributed by atoms with Crippen LogP contribution in [-0.4, -0.2) is 56.2 Å². The molecule has 0 saturated carbocycles. The van der Waals surface area contributed by atoms with Crippen LogP contribution >= 0.6 is 11.3 Å². The molecule has 20 heavy (non-hydrogen) atoms.